The average molecular weight is 278 g/mol. The van der Waals surface area contributed by atoms with E-state index in [1.807, 2.05) is 5.38 Å². The zero-order chi connectivity index (χ0) is 11.5. The van der Waals surface area contributed by atoms with Crippen molar-refractivity contribution in [2.24, 2.45) is 5.16 Å². The van der Waals surface area contributed by atoms with Crippen molar-refractivity contribution in [3.63, 3.8) is 0 Å². The normalized spacial score (nSPS) is 20.2. The zero-order valence-corrected chi connectivity index (χ0v) is 11.4. The second kappa shape index (κ2) is 5.41. The van der Waals surface area contributed by atoms with Crippen LogP contribution in [0.1, 0.15) is 29.5 Å². The van der Waals surface area contributed by atoms with E-state index in [1.54, 1.807) is 11.3 Å². The first kappa shape index (κ1) is 12.2. The average Bonchev–Trinajstić information content (AvgIpc) is 2.78. The highest BCUT2D eigenvalue weighted by molar-refractivity contribution is 7.13. The molecule has 1 aliphatic heterocycles. The van der Waals surface area contributed by atoms with Crippen LogP contribution in [0.15, 0.2) is 10.5 Å². The number of halogens is 1. The van der Waals surface area contributed by atoms with E-state index in [0.29, 0.717) is 11.6 Å². The summed E-state index contributed by atoms with van der Waals surface area (Å²) in [5, 5.41) is 14.5. The number of aromatic nitrogens is 1. The molecule has 2 rings (SSSR count). The summed E-state index contributed by atoms with van der Waals surface area (Å²) in [6.07, 6.45) is 2.23. The van der Waals surface area contributed by atoms with Crippen LogP contribution >= 0.6 is 32.3 Å². The van der Waals surface area contributed by atoms with E-state index < -0.39 is 0 Å². The summed E-state index contributed by atoms with van der Waals surface area (Å²) in [6, 6.07) is 0. The van der Waals surface area contributed by atoms with Crippen LogP contribution < -0.4 is 0 Å². The molecule has 1 fully saturated rings. The van der Waals surface area contributed by atoms with Gasteiger partial charge < -0.3 is 5.21 Å². The second-order valence-corrected chi connectivity index (χ2v) is 5.75. The van der Waals surface area contributed by atoms with Crippen molar-refractivity contribution in [2.75, 3.05) is 13.1 Å². The summed E-state index contributed by atoms with van der Waals surface area (Å²) in [5.41, 5.74) is 0.567. The maximum Gasteiger partial charge on any atom is 0.194 e. The van der Waals surface area contributed by atoms with E-state index >= 15 is 0 Å². The Hall–Kier alpha value is -0.220. The Morgan fingerprint density at radius 1 is 1.62 bits per heavy atom. The van der Waals surface area contributed by atoms with Gasteiger partial charge in [0.25, 0.3) is 0 Å². The minimum Gasteiger partial charge on any atom is -0.410 e. The van der Waals surface area contributed by atoms with Gasteiger partial charge in [-0.15, -0.1) is 11.3 Å². The van der Waals surface area contributed by atoms with Gasteiger partial charge in [-0.2, -0.15) is 0 Å². The highest BCUT2D eigenvalue weighted by Gasteiger charge is 2.21. The van der Waals surface area contributed by atoms with E-state index in [0.717, 1.165) is 30.9 Å². The van der Waals surface area contributed by atoms with Crippen molar-refractivity contribution in [3.05, 3.63) is 16.1 Å². The van der Waals surface area contributed by atoms with Gasteiger partial charge in [-0.05, 0) is 12.8 Å². The molecule has 0 radical (unpaired) electrons. The molecule has 0 spiro atoms. The number of oxime groups is 1. The molecule has 4 nitrogen and oxygen atoms in total. The molecule has 1 aromatic rings. The molecule has 1 atom stereocenters. The standard InChI is InChI=1S/C9H13ClN3OPS/c10-8(12-14)7-5-16-9(11-7)6-1-3-13(15)4-2-6/h5-6,14H,1-4,15H2/b12-8-. The lowest BCUT2D eigenvalue weighted by molar-refractivity contribution is 0.320. The number of thiazole rings is 1. The summed E-state index contributed by atoms with van der Waals surface area (Å²) >= 11 is 7.29. The van der Waals surface area contributed by atoms with Crippen LogP contribution in [0, 0.1) is 0 Å². The van der Waals surface area contributed by atoms with Crippen molar-refractivity contribution in [2.45, 2.75) is 18.8 Å². The predicted octanol–water partition coefficient (Wildman–Crippen LogP) is 2.49. The van der Waals surface area contributed by atoms with Gasteiger partial charge in [0.1, 0.15) is 5.69 Å². The Kier molecular flexibility index (Phi) is 4.14. The predicted molar refractivity (Wildman–Crippen MR) is 69.5 cm³/mol. The van der Waals surface area contributed by atoms with Crippen LogP contribution in [-0.4, -0.2) is 33.1 Å². The maximum atomic E-state index is 8.55. The molecule has 1 aromatic heterocycles. The van der Waals surface area contributed by atoms with Crippen molar-refractivity contribution in [1.82, 2.24) is 9.65 Å². The number of rotatable bonds is 2. The third-order valence-electron chi connectivity index (χ3n) is 2.70. The van der Waals surface area contributed by atoms with Crippen LogP contribution in [0.25, 0.3) is 0 Å². The Morgan fingerprint density at radius 2 is 2.31 bits per heavy atom. The molecular formula is C9H13ClN3OPS. The SMILES string of the molecule is O/N=C(\Cl)c1csc(C2CCN(P)CC2)n1. The van der Waals surface area contributed by atoms with Crippen molar-refractivity contribution < 1.29 is 5.21 Å². The van der Waals surface area contributed by atoms with E-state index in [-0.39, 0.29) is 5.17 Å². The second-order valence-electron chi connectivity index (χ2n) is 3.77. The van der Waals surface area contributed by atoms with Gasteiger partial charge in [0.05, 0.1) is 5.01 Å². The lowest BCUT2D eigenvalue weighted by Gasteiger charge is -2.27. The van der Waals surface area contributed by atoms with Gasteiger partial charge >= 0.3 is 0 Å². The monoisotopic (exact) mass is 277 g/mol. The van der Waals surface area contributed by atoms with Crippen molar-refractivity contribution in [3.8, 4) is 0 Å². The van der Waals surface area contributed by atoms with E-state index in [2.05, 4.69) is 24.2 Å². The van der Waals surface area contributed by atoms with Gasteiger partial charge in [-0.1, -0.05) is 26.1 Å². The molecule has 2 heterocycles. The molecule has 88 valence electrons. The molecular weight excluding hydrogens is 265 g/mol. The number of piperidine rings is 1. The lowest BCUT2D eigenvalue weighted by atomic mass is 9.99. The Balaban J connectivity index is 2.07. The summed E-state index contributed by atoms with van der Waals surface area (Å²) in [4.78, 5) is 4.40. The lowest BCUT2D eigenvalue weighted by Crippen LogP contribution is -2.24. The fourth-order valence-electron chi connectivity index (χ4n) is 1.77. The van der Waals surface area contributed by atoms with Crippen molar-refractivity contribution in [1.29, 1.82) is 0 Å². The van der Waals surface area contributed by atoms with Crippen LogP contribution in [0.2, 0.25) is 0 Å². The molecule has 0 aliphatic carbocycles. The molecule has 1 saturated heterocycles. The van der Waals surface area contributed by atoms with Gasteiger partial charge in [0.15, 0.2) is 5.17 Å². The first-order chi connectivity index (χ1) is 7.70. The topological polar surface area (TPSA) is 48.7 Å². The highest BCUT2D eigenvalue weighted by atomic mass is 35.5. The fraction of sp³-hybridized carbons (Fsp3) is 0.556. The summed E-state index contributed by atoms with van der Waals surface area (Å²) in [5.74, 6) is 0.513. The highest BCUT2D eigenvalue weighted by Crippen LogP contribution is 2.31. The van der Waals surface area contributed by atoms with E-state index in [9.17, 15) is 0 Å². The number of hydrogen-bond acceptors (Lipinski definition) is 5. The van der Waals surface area contributed by atoms with Crippen LogP contribution in [0.4, 0.5) is 0 Å². The Morgan fingerprint density at radius 3 is 2.94 bits per heavy atom. The van der Waals surface area contributed by atoms with Crippen molar-refractivity contribution >= 4 is 37.5 Å². The summed E-state index contributed by atoms with van der Waals surface area (Å²) in [6.45, 7) is 2.15. The van der Waals surface area contributed by atoms with Gasteiger partial charge in [0, 0.05) is 24.4 Å². The van der Waals surface area contributed by atoms with Crippen LogP contribution in [0.3, 0.4) is 0 Å². The molecule has 1 aliphatic rings. The first-order valence-electron chi connectivity index (χ1n) is 5.03. The summed E-state index contributed by atoms with van der Waals surface area (Å²) < 4.78 is 2.24. The number of nitrogens with zero attached hydrogens (tertiary/aromatic N) is 3. The zero-order valence-electron chi connectivity index (χ0n) is 8.64. The summed E-state index contributed by atoms with van der Waals surface area (Å²) in [7, 11) is 2.73. The number of hydrogen-bond donors (Lipinski definition) is 1. The molecule has 0 amide bonds. The van der Waals surface area contributed by atoms with Gasteiger partial charge in [-0.25, -0.2) is 4.98 Å². The van der Waals surface area contributed by atoms with Crippen LogP contribution in [0.5, 0.6) is 0 Å². The Labute approximate surface area is 106 Å². The minimum absolute atomic E-state index is 0.0611. The fourth-order valence-corrected chi connectivity index (χ4v) is 3.20. The van der Waals surface area contributed by atoms with E-state index in [4.69, 9.17) is 16.8 Å². The molecule has 0 saturated carbocycles. The van der Waals surface area contributed by atoms with Crippen LogP contribution in [-0.2, 0) is 0 Å². The third-order valence-corrected chi connectivity index (χ3v) is 4.49. The van der Waals surface area contributed by atoms with E-state index in [1.165, 1.54) is 0 Å². The first-order valence-corrected chi connectivity index (χ1v) is 6.81. The smallest absolute Gasteiger partial charge is 0.194 e. The van der Waals surface area contributed by atoms with Gasteiger partial charge in [-0.3, -0.25) is 4.67 Å². The third kappa shape index (κ3) is 2.72. The molecule has 1 unspecified atom stereocenters. The minimum atomic E-state index is 0.0611. The molecule has 0 bridgehead atoms. The van der Waals surface area contributed by atoms with Gasteiger partial charge in [0.2, 0.25) is 0 Å². The Bertz CT molecular complexity index is 390. The molecule has 1 N–H and O–H groups in total. The quantitative estimate of drug-likeness (QED) is 0.391. The molecule has 0 aromatic carbocycles. The maximum absolute atomic E-state index is 8.55. The molecule has 7 heteroatoms. The molecule has 16 heavy (non-hydrogen) atoms. The largest absolute Gasteiger partial charge is 0.410 e.